The number of nitrogens with zero attached hydrogens (tertiary/aromatic N) is 2. The molecule has 0 aliphatic rings. The molecule has 0 saturated heterocycles. The van der Waals surface area contributed by atoms with Gasteiger partial charge >= 0.3 is 0 Å². The zero-order valence-electron chi connectivity index (χ0n) is 8.88. The second kappa shape index (κ2) is 8.50. The molecule has 0 saturated carbocycles. The van der Waals surface area contributed by atoms with Gasteiger partial charge < -0.3 is 10.6 Å². The van der Waals surface area contributed by atoms with Crippen LogP contribution in [-0.2, 0) is 0 Å². The Morgan fingerprint density at radius 2 is 1.29 bits per heavy atom. The minimum atomic E-state index is 0.0630. The highest BCUT2D eigenvalue weighted by Gasteiger charge is 1.98. The molecule has 78 valence electrons. The number of hydrogen-bond donors (Lipinski definition) is 2. The number of nitrogens with one attached hydrogen (secondary N) is 2. The Morgan fingerprint density at radius 1 is 0.929 bits per heavy atom. The number of hydrogen-bond acceptors (Lipinski definition) is 4. The van der Waals surface area contributed by atoms with Gasteiger partial charge in [0.25, 0.3) is 0 Å². The Bertz CT molecular complexity index is 189. The van der Waals surface area contributed by atoms with Gasteiger partial charge in [0.2, 0.25) is 0 Å². The molecule has 0 aliphatic carbocycles. The van der Waals surface area contributed by atoms with Gasteiger partial charge in [-0.15, -0.1) is 0 Å². The molecule has 0 aliphatic heterocycles. The highest BCUT2D eigenvalue weighted by Crippen LogP contribution is 1.87. The molecule has 0 radical (unpaired) electrons. The molecule has 0 aromatic heterocycles. The van der Waals surface area contributed by atoms with Crippen LogP contribution in [0.1, 0.15) is 13.8 Å². The lowest BCUT2D eigenvalue weighted by atomic mass is 10.2. The molecule has 0 rings (SSSR count). The van der Waals surface area contributed by atoms with Crippen molar-refractivity contribution in [2.75, 3.05) is 26.2 Å². The highest BCUT2D eigenvalue weighted by molar-refractivity contribution is 4.81. The molecule has 0 bridgehead atoms. The van der Waals surface area contributed by atoms with Crippen molar-refractivity contribution in [3.8, 4) is 12.1 Å². The second-order valence-electron chi connectivity index (χ2n) is 3.47. The first-order valence-corrected chi connectivity index (χ1v) is 4.91. The van der Waals surface area contributed by atoms with Crippen molar-refractivity contribution in [1.29, 1.82) is 10.5 Å². The van der Waals surface area contributed by atoms with E-state index in [1.807, 2.05) is 13.8 Å². The van der Waals surface area contributed by atoms with E-state index in [1.165, 1.54) is 0 Å². The minimum Gasteiger partial charge on any atom is -0.314 e. The molecular formula is C10H18N4. The fraction of sp³-hybridized carbons (Fsp3) is 0.800. The van der Waals surface area contributed by atoms with E-state index in [9.17, 15) is 0 Å². The minimum absolute atomic E-state index is 0.0630. The van der Waals surface area contributed by atoms with Crippen LogP contribution in [0.25, 0.3) is 0 Å². The van der Waals surface area contributed by atoms with E-state index in [1.54, 1.807) is 0 Å². The summed E-state index contributed by atoms with van der Waals surface area (Å²) >= 11 is 0. The van der Waals surface area contributed by atoms with E-state index in [0.29, 0.717) is 0 Å². The molecule has 0 heterocycles. The standard InChI is InChI=1S/C10H18N4/c1-9(5-11)7-13-3-4-14-8-10(2)6-12/h9-10,13-14H,3-4,7-8H2,1-2H3. The maximum Gasteiger partial charge on any atom is 0.0666 e. The van der Waals surface area contributed by atoms with Crippen molar-refractivity contribution in [3.63, 3.8) is 0 Å². The van der Waals surface area contributed by atoms with Gasteiger partial charge in [0, 0.05) is 26.2 Å². The molecule has 2 atom stereocenters. The van der Waals surface area contributed by atoms with Crippen LogP contribution >= 0.6 is 0 Å². The Kier molecular flexibility index (Phi) is 7.83. The van der Waals surface area contributed by atoms with Gasteiger partial charge in [-0.3, -0.25) is 0 Å². The SMILES string of the molecule is CC(C#N)CNCCNCC(C)C#N. The summed E-state index contributed by atoms with van der Waals surface area (Å²) in [5.41, 5.74) is 0. The lowest BCUT2D eigenvalue weighted by Gasteiger charge is -2.07. The third kappa shape index (κ3) is 7.54. The first kappa shape index (κ1) is 12.9. The Labute approximate surface area is 85.9 Å². The van der Waals surface area contributed by atoms with Crippen LogP contribution in [0.15, 0.2) is 0 Å². The number of nitriles is 2. The van der Waals surface area contributed by atoms with Crippen LogP contribution in [0.5, 0.6) is 0 Å². The van der Waals surface area contributed by atoms with Crippen LogP contribution in [0, 0.1) is 34.5 Å². The summed E-state index contributed by atoms with van der Waals surface area (Å²) in [4.78, 5) is 0. The fourth-order valence-electron chi connectivity index (χ4n) is 0.905. The first-order valence-electron chi connectivity index (χ1n) is 4.91. The third-order valence-corrected chi connectivity index (χ3v) is 1.82. The van der Waals surface area contributed by atoms with Crippen molar-refractivity contribution in [2.45, 2.75) is 13.8 Å². The summed E-state index contributed by atoms with van der Waals surface area (Å²) in [6.45, 7) is 6.91. The summed E-state index contributed by atoms with van der Waals surface area (Å²) in [5, 5.41) is 23.3. The van der Waals surface area contributed by atoms with Gasteiger partial charge in [-0.05, 0) is 13.8 Å². The molecule has 2 N–H and O–H groups in total. The Balaban J connectivity index is 3.16. The third-order valence-electron chi connectivity index (χ3n) is 1.82. The van der Waals surface area contributed by atoms with Gasteiger partial charge in [-0.2, -0.15) is 10.5 Å². The predicted octanol–water partition coefficient (Wildman–Crippen LogP) is 0.485. The predicted molar refractivity (Wildman–Crippen MR) is 55.3 cm³/mol. The monoisotopic (exact) mass is 194 g/mol. The summed E-state index contributed by atoms with van der Waals surface area (Å²) in [7, 11) is 0. The van der Waals surface area contributed by atoms with Crippen molar-refractivity contribution in [2.24, 2.45) is 11.8 Å². The maximum absolute atomic E-state index is 8.50. The largest absolute Gasteiger partial charge is 0.314 e. The van der Waals surface area contributed by atoms with Crippen LogP contribution in [0.4, 0.5) is 0 Å². The molecule has 4 nitrogen and oxygen atoms in total. The zero-order valence-corrected chi connectivity index (χ0v) is 8.88. The van der Waals surface area contributed by atoms with Crippen LogP contribution in [0.2, 0.25) is 0 Å². The molecule has 0 amide bonds. The fourth-order valence-corrected chi connectivity index (χ4v) is 0.905. The Hall–Kier alpha value is -1.10. The van der Waals surface area contributed by atoms with E-state index < -0.39 is 0 Å². The topological polar surface area (TPSA) is 71.6 Å². The van der Waals surface area contributed by atoms with Crippen LogP contribution < -0.4 is 10.6 Å². The van der Waals surface area contributed by atoms with Gasteiger partial charge in [-0.25, -0.2) is 0 Å². The summed E-state index contributed by atoms with van der Waals surface area (Å²) < 4.78 is 0. The molecule has 2 unspecified atom stereocenters. The van der Waals surface area contributed by atoms with E-state index in [0.717, 1.165) is 26.2 Å². The second-order valence-corrected chi connectivity index (χ2v) is 3.47. The van der Waals surface area contributed by atoms with Gasteiger partial charge in [-0.1, -0.05) is 0 Å². The van der Waals surface area contributed by atoms with Crippen molar-refractivity contribution < 1.29 is 0 Å². The van der Waals surface area contributed by atoms with Gasteiger partial charge in [0.15, 0.2) is 0 Å². The maximum atomic E-state index is 8.50. The lowest BCUT2D eigenvalue weighted by Crippen LogP contribution is -2.31. The van der Waals surface area contributed by atoms with E-state index in [-0.39, 0.29) is 11.8 Å². The van der Waals surface area contributed by atoms with E-state index in [4.69, 9.17) is 10.5 Å². The van der Waals surface area contributed by atoms with Crippen LogP contribution in [0.3, 0.4) is 0 Å². The average molecular weight is 194 g/mol. The highest BCUT2D eigenvalue weighted by atomic mass is 14.9. The summed E-state index contributed by atoms with van der Waals surface area (Å²) in [6.07, 6.45) is 0. The molecule has 0 spiro atoms. The van der Waals surface area contributed by atoms with E-state index in [2.05, 4.69) is 22.8 Å². The van der Waals surface area contributed by atoms with E-state index >= 15 is 0 Å². The quantitative estimate of drug-likeness (QED) is 0.578. The molecule has 14 heavy (non-hydrogen) atoms. The van der Waals surface area contributed by atoms with Crippen molar-refractivity contribution in [3.05, 3.63) is 0 Å². The molecule has 0 fully saturated rings. The zero-order chi connectivity index (χ0) is 10.8. The summed E-state index contributed by atoms with van der Waals surface area (Å²) in [6, 6.07) is 4.31. The van der Waals surface area contributed by atoms with Crippen LogP contribution in [-0.4, -0.2) is 26.2 Å². The Morgan fingerprint density at radius 3 is 1.57 bits per heavy atom. The van der Waals surface area contributed by atoms with Crippen molar-refractivity contribution >= 4 is 0 Å². The average Bonchev–Trinajstić information content (AvgIpc) is 2.22. The normalized spacial score (nSPS) is 14.0. The van der Waals surface area contributed by atoms with Crippen molar-refractivity contribution in [1.82, 2.24) is 10.6 Å². The van der Waals surface area contributed by atoms with Gasteiger partial charge in [0.1, 0.15) is 0 Å². The molecular weight excluding hydrogens is 176 g/mol. The number of rotatable bonds is 7. The molecule has 0 aromatic carbocycles. The van der Waals surface area contributed by atoms with Gasteiger partial charge in [0.05, 0.1) is 24.0 Å². The smallest absolute Gasteiger partial charge is 0.0666 e. The summed E-state index contributed by atoms with van der Waals surface area (Å²) in [5.74, 6) is 0.126. The first-order chi connectivity index (χ1) is 6.70. The molecule has 0 aromatic rings. The molecule has 4 heteroatoms. The lowest BCUT2D eigenvalue weighted by molar-refractivity contribution is 0.547.